The largest absolute Gasteiger partial charge is 0.493 e. The van der Waals surface area contributed by atoms with Gasteiger partial charge in [0, 0.05) is 6.54 Å². The maximum absolute atomic E-state index is 12.4. The molecule has 0 unspecified atom stereocenters. The van der Waals surface area contributed by atoms with Gasteiger partial charge < -0.3 is 20.1 Å². The van der Waals surface area contributed by atoms with Crippen molar-refractivity contribution >= 4 is 23.4 Å². The number of hydrogen-bond acceptors (Lipinski definition) is 4. The van der Waals surface area contributed by atoms with Gasteiger partial charge in [0.15, 0.2) is 11.5 Å². The van der Waals surface area contributed by atoms with Gasteiger partial charge in [-0.2, -0.15) is 8.78 Å². The van der Waals surface area contributed by atoms with Crippen molar-refractivity contribution in [2.24, 2.45) is 0 Å². The highest BCUT2D eigenvalue weighted by Crippen LogP contribution is 2.29. The molecule has 0 aliphatic rings. The van der Waals surface area contributed by atoms with Crippen molar-refractivity contribution in [3.05, 3.63) is 58.6 Å². The van der Waals surface area contributed by atoms with Gasteiger partial charge in [-0.15, -0.1) is 0 Å². The van der Waals surface area contributed by atoms with E-state index in [2.05, 4.69) is 15.4 Å². The Kier molecular flexibility index (Phi) is 8.01. The Morgan fingerprint density at radius 1 is 1.11 bits per heavy atom. The van der Waals surface area contributed by atoms with Crippen molar-refractivity contribution in [1.29, 1.82) is 0 Å². The van der Waals surface area contributed by atoms with Gasteiger partial charge in [-0.3, -0.25) is 9.59 Å². The second-order valence-electron chi connectivity index (χ2n) is 5.63. The molecule has 0 aliphatic carbocycles. The van der Waals surface area contributed by atoms with Crippen LogP contribution in [0.1, 0.15) is 15.9 Å². The highest BCUT2D eigenvalue weighted by Gasteiger charge is 2.12. The molecule has 0 saturated heterocycles. The first-order valence-corrected chi connectivity index (χ1v) is 8.69. The Labute approximate surface area is 165 Å². The number of halogens is 3. The zero-order chi connectivity index (χ0) is 20.5. The second-order valence-corrected chi connectivity index (χ2v) is 6.03. The minimum Gasteiger partial charge on any atom is -0.493 e. The summed E-state index contributed by atoms with van der Waals surface area (Å²) < 4.78 is 34.3. The highest BCUT2D eigenvalue weighted by atomic mass is 35.5. The van der Waals surface area contributed by atoms with E-state index >= 15 is 0 Å². The molecule has 0 saturated carbocycles. The normalized spacial score (nSPS) is 10.5. The van der Waals surface area contributed by atoms with Gasteiger partial charge in [-0.25, -0.2) is 0 Å². The fourth-order valence-electron chi connectivity index (χ4n) is 2.37. The maximum Gasteiger partial charge on any atom is 0.387 e. The number of nitrogens with one attached hydrogen (secondary N) is 2. The molecule has 150 valence electrons. The zero-order valence-corrected chi connectivity index (χ0v) is 15.8. The third-order valence-corrected chi connectivity index (χ3v) is 4.04. The van der Waals surface area contributed by atoms with Crippen LogP contribution in [0.2, 0.25) is 5.02 Å². The monoisotopic (exact) mass is 412 g/mol. The number of carbonyl (C=O) groups is 2. The lowest BCUT2D eigenvalue weighted by Gasteiger charge is -2.12. The number of alkyl halides is 2. The SMILES string of the molecule is COc1ccc(CCNC(=O)CNC(=O)c2ccccc2Cl)cc1OC(F)F. The van der Waals surface area contributed by atoms with Crippen LogP contribution in [0.15, 0.2) is 42.5 Å². The average molecular weight is 413 g/mol. The summed E-state index contributed by atoms with van der Waals surface area (Å²) >= 11 is 5.92. The Balaban J connectivity index is 1.80. The van der Waals surface area contributed by atoms with Gasteiger partial charge >= 0.3 is 6.61 Å². The minimum atomic E-state index is -2.97. The predicted molar refractivity (Wildman–Crippen MR) is 100 cm³/mol. The maximum atomic E-state index is 12.4. The van der Waals surface area contributed by atoms with Gasteiger partial charge in [-0.05, 0) is 36.2 Å². The molecule has 0 bridgehead atoms. The summed E-state index contributed by atoms with van der Waals surface area (Å²) in [6.07, 6.45) is 0.383. The van der Waals surface area contributed by atoms with Gasteiger partial charge in [-0.1, -0.05) is 29.8 Å². The summed E-state index contributed by atoms with van der Waals surface area (Å²) in [6, 6.07) is 11.1. The van der Waals surface area contributed by atoms with Crippen molar-refractivity contribution < 1.29 is 27.8 Å². The molecule has 2 amide bonds. The third-order valence-electron chi connectivity index (χ3n) is 3.71. The van der Waals surface area contributed by atoms with Crippen molar-refractivity contribution in [3.63, 3.8) is 0 Å². The molecule has 9 heteroatoms. The Bertz CT molecular complexity index is 833. The van der Waals surface area contributed by atoms with E-state index in [0.717, 1.165) is 0 Å². The van der Waals surface area contributed by atoms with E-state index in [0.29, 0.717) is 17.0 Å². The van der Waals surface area contributed by atoms with Crippen LogP contribution < -0.4 is 20.1 Å². The number of ether oxygens (including phenoxy) is 2. The molecular formula is C19H19ClF2N2O4. The lowest BCUT2D eigenvalue weighted by molar-refractivity contribution is -0.120. The zero-order valence-electron chi connectivity index (χ0n) is 15.0. The number of rotatable bonds is 9. The molecule has 0 fully saturated rings. The second kappa shape index (κ2) is 10.5. The molecule has 0 heterocycles. The molecule has 2 N–H and O–H groups in total. The minimum absolute atomic E-state index is 0.0756. The number of carbonyl (C=O) groups excluding carboxylic acids is 2. The van der Waals surface area contributed by atoms with E-state index in [1.165, 1.54) is 19.2 Å². The van der Waals surface area contributed by atoms with Crippen LogP contribution >= 0.6 is 11.6 Å². The van der Waals surface area contributed by atoms with Gasteiger partial charge in [0.2, 0.25) is 5.91 Å². The average Bonchev–Trinajstić information content (AvgIpc) is 2.66. The Morgan fingerprint density at radius 3 is 2.54 bits per heavy atom. The first kappa shape index (κ1) is 21.4. The molecule has 2 rings (SSSR count). The molecule has 0 spiro atoms. The first-order chi connectivity index (χ1) is 13.4. The van der Waals surface area contributed by atoms with Crippen LogP contribution in [-0.4, -0.2) is 38.6 Å². The van der Waals surface area contributed by atoms with Crippen LogP contribution in [0.5, 0.6) is 11.5 Å². The lowest BCUT2D eigenvalue weighted by atomic mass is 10.1. The molecule has 28 heavy (non-hydrogen) atoms. The quantitative estimate of drug-likeness (QED) is 0.663. The number of methoxy groups -OCH3 is 1. The van der Waals surface area contributed by atoms with Crippen molar-refractivity contribution in [1.82, 2.24) is 10.6 Å². The predicted octanol–water partition coefficient (Wildman–Crippen LogP) is 3.04. The number of amides is 2. The van der Waals surface area contributed by atoms with E-state index in [9.17, 15) is 18.4 Å². The van der Waals surface area contributed by atoms with E-state index in [1.54, 1.807) is 30.3 Å². The molecule has 0 radical (unpaired) electrons. The molecule has 2 aromatic carbocycles. The lowest BCUT2D eigenvalue weighted by Crippen LogP contribution is -2.37. The van der Waals surface area contributed by atoms with E-state index < -0.39 is 18.4 Å². The number of hydrogen-bond donors (Lipinski definition) is 2. The molecule has 0 aliphatic heterocycles. The van der Waals surface area contributed by atoms with Crippen LogP contribution in [0.4, 0.5) is 8.78 Å². The van der Waals surface area contributed by atoms with Crippen LogP contribution in [0, 0.1) is 0 Å². The first-order valence-electron chi connectivity index (χ1n) is 8.32. The molecule has 0 atom stereocenters. The van der Waals surface area contributed by atoms with Gasteiger partial charge in [0.1, 0.15) is 0 Å². The molecule has 2 aromatic rings. The van der Waals surface area contributed by atoms with Crippen molar-refractivity contribution in [2.75, 3.05) is 20.2 Å². The Hall–Kier alpha value is -2.87. The molecule has 0 aromatic heterocycles. The van der Waals surface area contributed by atoms with Crippen LogP contribution in [0.25, 0.3) is 0 Å². The fraction of sp³-hybridized carbons (Fsp3) is 0.263. The molecule has 6 nitrogen and oxygen atoms in total. The fourth-order valence-corrected chi connectivity index (χ4v) is 2.60. The summed E-state index contributed by atoms with van der Waals surface area (Å²) in [5.41, 5.74) is 0.957. The summed E-state index contributed by atoms with van der Waals surface area (Å²) in [5, 5.41) is 5.41. The van der Waals surface area contributed by atoms with Gasteiger partial charge in [0.25, 0.3) is 5.91 Å². The molecular weight excluding hydrogens is 394 g/mol. The topological polar surface area (TPSA) is 76.7 Å². The Morgan fingerprint density at radius 2 is 1.86 bits per heavy atom. The van der Waals surface area contributed by atoms with E-state index in [4.69, 9.17) is 16.3 Å². The summed E-state index contributed by atoms with van der Waals surface area (Å²) in [7, 11) is 1.35. The van der Waals surface area contributed by atoms with Crippen LogP contribution in [0.3, 0.4) is 0 Å². The van der Waals surface area contributed by atoms with Gasteiger partial charge in [0.05, 0.1) is 24.2 Å². The van der Waals surface area contributed by atoms with E-state index in [1.807, 2.05) is 0 Å². The van der Waals surface area contributed by atoms with Crippen LogP contribution in [-0.2, 0) is 11.2 Å². The summed E-state index contributed by atoms with van der Waals surface area (Å²) in [6.45, 7) is -2.93. The van der Waals surface area contributed by atoms with Crippen molar-refractivity contribution in [3.8, 4) is 11.5 Å². The standard InChI is InChI=1S/C19H19ClF2N2O4/c1-27-15-7-6-12(10-16(15)28-19(21)22)8-9-23-17(25)11-24-18(26)13-4-2-3-5-14(13)20/h2-7,10,19H,8-9,11H2,1H3,(H,23,25)(H,24,26). The van der Waals surface area contributed by atoms with Crippen molar-refractivity contribution in [2.45, 2.75) is 13.0 Å². The number of benzene rings is 2. The smallest absolute Gasteiger partial charge is 0.387 e. The highest BCUT2D eigenvalue weighted by molar-refractivity contribution is 6.33. The third kappa shape index (κ3) is 6.38. The summed E-state index contributed by atoms with van der Waals surface area (Å²) in [4.78, 5) is 23.9. The van der Waals surface area contributed by atoms with E-state index in [-0.39, 0.29) is 30.2 Å². The summed E-state index contributed by atoms with van der Waals surface area (Å²) in [5.74, 6) is -0.730.